The molecule has 5 nitrogen and oxygen atoms in total. The Kier molecular flexibility index (Phi) is 3.45. The first-order valence-corrected chi connectivity index (χ1v) is 4.73. The van der Waals surface area contributed by atoms with E-state index in [0.717, 1.165) is 0 Å². The van der Waals surface area contributed by atoms with E-state index in [0.29, 0.717) is 0 Å². The lowest BCUT2D eigenvalue weighted by atomic mass is 10.3. The summed E-state index contributed by atoms with van der Waals surface area (Å²) in [7, 11) is 1.75. The second-order valence-corrected chi connectivity index (χ2v) is 3.59. The van der Waals surface area contributed by atoms with Crippen LogP contribution in [0.1, 0.15) is 19.7 Å². The van der Waals surface area contributed by atoms with Crippen molar-refractivity contribution in [1.29, 1.82) is 5.26 Å². The van der Waals surface area contributed by atoms with Crippen molar-refractivity contribution in [2.75, 3.05) is 7.05 Å². The molecule has 0 radical (unpaired) electrons. The number of carbonyl (C=O) groups excluding carboxylic acids is 1. The summed E-state index contributed by atoms with van der Waals surface area (Å²) in [5, 5.41) is 8.71. The first-order valence-electron chi connectivity index (χ1n) is 4.73. The fraction of sp³-hybridized carbons (Fsp3) is 0.500. The first-order chi connectivity index (χ1) is 7.06. The maximum absolute atomic E-state index is 11.7. The molecule has 1 aromatic heterocycles. The zero-order valence-corrected chi connectivity index (χ0v) is 9.14. The zero-order chi connectivity index (χ0) is 11.4. The van der Waals surface area contributed by atoms with Crippen LogP contribution < -0.4 is 0 Å². The Morgan fingerprint density at radius 3 is 2.93 bits per heavy atom. The van der Waals surface area contributed by atoms with Gasteiger partial charge in [-0.05, 0) is 13.8 Å². The molecule has 0 aliphatic rings. The van der Waals surface area contributed by atoms with E-state index in [1.54, 1.807) is 22.7 Å². The first kappa shape index (κ1) is 11.2. The predicted octanol–water partition coefficient (Wildman–Crippen LogP) is 0.622. The molecule has 1 rings (SSSR count). The van der Waals surface area contributed by atoms with Gasteiger partial charge in [0, 0.05) is 25.5 Å². The van der Waals surface area contributed by atoms with Gasteiger partial charge in [-0.3, -0.25) is 4.79 Å². The minimum atomic E-state index is -0.0282. The van der Waals surface area contributed by atoms with Crippen LogP contribution in [0.4, 0.5) is 0 Å². The molecule has 0 aromatic carbocycles. The minimum Gasteiger partial charge on any atom is -0.342 e. The Balaban J connectivity index is 2.71. The van der Waals surface area contributed by atoms with Crippen molar-refractivity contribution >= 4 is 5.91 Å². The van der Waals surface area contributed by atoms with Crippen LogP contribution in [0.2, 0.25) is 0 Å². The van der Waals surface area contributed by atoms with Crippen molar-refractivity contribution < 1.29 is 4.79 Å². The van der Waals surface area contributed by atoms with Crippen molar-refractivity contribution in [3.05, 3.63) is 18.2 Å². The summed E-state index contributed by atoms with van der Waals surface area (Å²) in [6.07, 6.45) is 3.14. The second-order valence-electron chi connectivity index (χ2n) is 3.59. The van der Waals surface area contributed by atoms with Crippen LogP contribution in [-0.2, 0) is 11.3 Å². The highest BCUT2D eigenvalue weighted by molar-refractivity contribution is 5.76. The van der Waals surface area contributed by atoms with Gasteiger partial charge in [0.25, 0.3) is 0 Å². The smallest absolute Gasteiger partial charge is 0.242 e. The Labute approximate surface area is 88.9 Å². The summed E-state index contributed by atoms with van der Waals surface area (Å²) < 4.78 is 1.54. The van der Waals surface area contributed by atoms with Gasteiger partial charge in [-0.15, -0.1) is 0 Å². The molecule has 0 atom stereocenters. The van der Waals surface area contributed by atoms with Gasteiger partial charge in [0.2, 0.25) is 11.7 Å². The standard InChI is InChI=1S/C10H14N4O/c1-8(2)13(3)10(15)7-14-5-4-12-9(14)6-11/h4-5,8H,7H2,1-3H3. The third kappa shape index (κ3) is 2.56. The van der Waals surface area contributed by atoms with E-state index in [2.05, 4.69) is 4.98 Å². The second kappa shape index (κ2) is 4.60. The zero-order valence-electron chi connectivity index (χ0n) is 9.14. The maximum atomic E-state index is 11.7. The molecular weight excluding hydrogens is 192 g/mol. The number of hydrogen-bond acceptors (Lipinski definition) is 3. The van der Waals surface area contributed by atoms with Crippen LogP contribution in [0.15, 0.2) is 12.4 Å². The Morgan fingerprint density at radius 1 is 1.73 bits per heavy atom. The van der Waals surface area contributed by atoms with Gasteiger partial charge in [-0.1, -0.05) is 0 Å². The van der Waals surface area contributed by atoms with Crippen LogP contribution in [0.25, 0.3) is 0 Å². The van der Waals surface area contributed by atoms with Gasteiger partial charge >= 0.3 is 0 Å². The van der Waals surface area contributed by atoms with Gasteiger partial charge in [-0.2, -0.15) is 5.26 Å². The average molecular weight is 206 g/mol. The van der Waals surface area contributed by atoms with E-state index in [4.69, 9.17) is 5.26 Å². The molecular formula is C10H14N4O. The van der Waals surface area contributed by atoms with E-state index in [1.807, 2.05) is 19.9 Å². The third-order valence-electron chi connectivity index (χ3n) is 2.29. The summed E-state index contributed by atoms with van der Waals surface area (Å²) in [5.74, 6) is 0.236. The van der Waals surface area contributed by atoms with E-state index in [1.165, 1.54) is 6.20 Å². The Hall–Kier alpha value is -1.83. The monoisotopic (exact) mass is 206 g/mol. The molecule has 0 fully saturated rings. The molecule has 0 unspecified atom stereocenters. The molecule has 1 aromatic rings. The molecule has 0 aliphatic carbocycles. The highest BCUT2D eigenvalue weighted by atomic mass is 16.2. The molecule has 5 heteroatoms. The number of hydrogen-bond donors (Lipinski definition) is 0. The Morgan fingerprint density at radius 2 is 2.40 bits per heavy atom. The molecule has 1 heterocycles. The van der Waals surface area contributed by atoms with Crippen molar-refractivity contribution in [1.82, 2.24) is 14.5 Å². The van der Waals surface area contributed by atoms with E-state index >= 15 is 0 Å². The lowest BCUT2D eigenvalue weighted by molar-refractivity contribution is -0.132. The van der Waals surface area contributed by atoms with Crippen LogP contribution >= 0.6 is 0 Å². The third-order valence-corrected chi connectivity index (χ3v) is 2.29. The topological polar surface area (TPSA) is 61.9 Å². The average Bonchev–Trinajstić information content (AvgIpc) is 2.63. The largest absolute Gasteiger partial charge is 0.342 e. The van der Waals surface area contributed by atoms with Crippen molar-refractivity contribution in [2.45, 2.75) is 26.4 Å². The quantitative estimate of drug-likeness (QED) is 0.728. The van der Waals surface area contributed by atoms with Crippen LogP contribution in [-0.4, -0.2) is 33.4 Å². The minimum absolute atomic E-state index is 0.0282. The van der Waals surface area contributed by atoms with Gasteiger partial charge < -0.3 is 9.47 Å². The number of amides is 1. The molecule has 0 aliphatic heterocycles. The molecule has 0 bridgehead atoms. The number of aromatic nitrogens is 2. The van der Waals surface area contributed by atoms with Crippen molar-refractivity contribution in [3.63, 3.8) is 0 Å². The number of carbonyl (C=O) groups is 1. The Bertz CT molecular complexity index is 388. The summed E-state index contributed by atoms with van der Waals surface area (Å²) in [6, 6.07) is 2.09. The van der Waals surface area contributed by atoms with Crippen LogP contribution in [0.5, 0.6) is 0 Å². The molecule has 1 amide bonds. The summed E-state index contributed by atoms with van der Waals surface area (Å²) in [6.45, 7) is 4.05. The number of imidazole rings is 1. The molecule has 0 saturated carbocycles. The molecule has 0 saturated heterocycles. The SMILES string of the molecule is CC(C)N(C)C(=O)Cn1ccnc1C#N. The number of nitriles is 1. The normalized spacial score (nSPS) is 10.1. The molecule has 0 N–H and O–H groups in total. The van der Waals surface area contributed by atoms with E-state index in [-0.39, 0.29) is 24.3 Å². The highest BCUT2D eigenvalue weighted by Crippen LogP contribution is 2.00. The fourth-order valence-electron chi connectivity index (χ4n) is 1.10. The number of nitrogens with zero attached hydrogens (tertiary/aromatic N) is 4. The summed E-state index contributed by atoms with van der Waals surface area (Å²) in [5.41, 5.74) is 0. The fourth-order valence-corrected chi connectivity index (χ4v) is 1.10. The maximum Gasteiger partial charge on any atom is 0.242 e. The van der Waals surface area contributed by atoms with Gasteiger partial charge in [0.1, 0.15) is 12.6 Å². The molecule has 0 spiro atoms. The van der Waals surface area contributed by atoms with Gasteiger partial charge in [0.05, 0.1) is 0 Å². The predicted molar refractivity (Wildman–Crippen MR) is 54.8 cm³/mol. The van der Waals surface area contributed by atoms with Crippen LogP contribution in [0.3, 0.4) is 0 Å². The van der Waals surface area contributed by atoms with Crippen molar-refractivity contribution in [3.8, 4) is 6.07 Å². The summed E-state index contributed by atoms with van der Waals surface area (Å²) in [4.78, 5) is 17.2. The molecule has 80 valence electrons. The van der Waals surface area contributed by atoms with Gasteiger partial charge in [-0.25, -0.2) is 4.98 Å². The van der Waals surface area contributed by atoms with E-state index < -0.39 is 0 Å². The van der Waals surface area contributed by atoms with Crippen LogP contribution in [0, 0.1) is 11.3 Å². The molecule has 15 heavy (non-hydrogen) atoms. The number of likely N-dealkylation sites (N-methyl/N-ethyl adjacent to an activating group) is 1. The lowest BCUT2D eigenvalue weighted by Gasteiger charge is -2.21. The summed E-state index contributed by atoms with van der Waals surface area (Å²) >= 11 is 0. The van der Waals surface area contributed by atoms with Crippen molar-refractivity contribution in [2.24, 2.45) is 0 Å². The lowest BCUT2D eigenvalue weighted by Crippen LogP contribution is -2.35. The van der Waals surface area contributed by atoms with E-state index in [9.17, 15) is 4.79 Å². The highest BCUT2D eigenvalue weighted by Gasteiger charge is 2.13. The van der Waals surface area contributed by atoms with Gasteiger partial charge in [0.15, 0.2) is 0 Å². The number of rotatable bonds is 3.